The van der Waals surface area contributed by atoms with E-state index in [1.165, 1.54) is 5.32 Å². The first kappa shape index (κ1) is 28.4. The summed E-state index contributed by atoms with van der Waals surface area (Å²) in [7, 11) is 0. The quantitative estimate of drug-likeness (QED) is 0.319. The number of anilines is 1. The maximum Gasteiger partial charge on any atom is 0.471 e. The number of rotatable bonds is 10. The highest BCUT2D eigenvalue weighted by Crippen LogP contribution is 2.55. The third-order valence-electron chi connectivity index (χ3n) is 3.23. The smallest absolute Gasteiger partial charge is 0.398 e. The number of nitrogens with one attached hydrogen (secondary N) is 1. The second-order valence-corrected chi connectivity index (χ2v) is 5.57. The summed E-state index contributed by atoms with van der Waals surface area (Å²) in [6, 6.07) is -2.88. The van der Waals surface area contributed by atoms with E-state index in [1.807, 2.05) is 4.74 Å². The van der Waals surface area contributed by atoms with Gasteiger partial charge in [0.2, 0.25) is 5.95 Å². The molecular formula is C13H6F15N3O2. The SMILES string of the molecule is FC(F)=C(F)OC(F)(F)C(F)(OC(F)(F)C(F)(F)C(F)(F)CNc1ncccn1)C(F)(F)F. The Hall–Kier alpha value is -2.67. The molecule has 0 saturated heterocycles. The average molecular weight is 521 g/mol. The van der Waals surface area contributed by atoms with E-state index in [2.05, 4.69) is 9.97 Å². The highest BCUT2D eigenvalue weighted by molar-refractivity contribution is 5.23. The van der Waals surface area contributed by atoms with Crippen LogP contribution in [-0.2, 0) is 9.47 Å². The molecule has 0 aliphatic heterocycles. The topological polar surface area (TPSA) is 56.3 Å². The van der Waals surface area contributed by atoms with E-state index in [4.69, 9.17) is 0 Å². The second kappa shape index (κ2) is 8.93. The lowest BCUT2D eigenvalue weighted by Crippen LogP contribution is -2.66. The van der Waals surface area contributed by atoms with Gasteiger partial charge >= 0.3 is 48.2 Å². The largest absolute Gasteiger partial charge is 0.471 e. The molecule has 1 rings (SSSR count). The summed E-state index contributed by atoms with van der Waals surface area (Å²) in [6.45, 7) is -2.59. The van der Waals surface area contributed by atoms with Crippen molar-refractivity contribution in [2.45, 2.75) is 36.1 Å². The van der Waals surface area contributed by atoms with E-state index < -0.39 is 60.7 Å². The van der Waals surface area contributed by atoms with Crippen LogP contribution < -0.4 is 5.32 Å². The molecular weight excluding hydrogens is 515 g/mol. The molecule has 0 fully saturated rings. The number of nitrogens with zero attached hydrogens (tertiary/aromatic N) is 2. The van der Waals surface area contributed by atoms with Crippen LogP contribution in [0.2, 0.25) is 0 Å². The normalized spacial score (nSPS) is 15.6. The first-order valence-electron chi connectivity index (χ1n) is 7.49. The zero-order chi connectivity index (χ0) is 26.1. The van der Waals surface area contributed by atoms with Gasteiger partial charge in [-0.1, -0.05) is 0 Å². The molecule has 1 N–H and O–H groups in total. The summed E-state index contributed by atoms with van der Waals surface area (Å²) in [5.41, 5.74) is 0. The molecule has 0 spiro atoms. The van der Waals surface area contributed by atoms with Crippen LogP contribution in [0.1, 0.15) is 0 Å². The third-order valence-corrected chi connectivity index (χ3v) is 3.23. The molecule has 1 aromatic heterocycles. The molecule has 1 aromatic rings. The van der Waals surface area contributed by atoms with Crippen molar-refractivity contribution in [3.8, 4) is 0 Å². The summed E-state index contributed by atoms with van der Waals surface area (Å²) in [5.74, 6) is -21.8. The zero-order valence-corrected chi connectivity index (χ0v) is 14.8. The Kier molecular flexibility index (Phi) is 7.68. The van der Waals surface area contributed by atoms with Crippen LogP contribution in [0.5, 0.6) is 0 Å². The van der Waals surface area contributed by atoms with Crippen molar-refractivity contribution in [1.29, 1.82) is 0 Å². The molecule has 20 heteroatoms. The van der Waals surface area contributed by atoms with Crippen LogP contribution in [-0.4, -0.2) is 52.6 Å². The van der Waals surface area contributed by atoms with Crippen LogP contribution in [0.3, 0.4) is 0 Å². The van der Waals surface area contributed by atoms with Gasteiger partial charge in [0.1, 0.15) is 0 Å². The summed E-state index contributed by atoms with van der Waals surface area (Å²) in [5, 5.41) is 1.26. The van der Waals surface area contributed by atoms with Crippen LogP contribution in [0, 0.1) is 0 Å². The van der Waals surface area contributed by atoms with E-state index in [0.29, 0.717) is 0 Å². The minimum atomic E-state index is -7.56. The molecule has 1 unspecified atom stereocenters. The molecule has 0 bridgehead atoms. The fourth-order valence-corrected chi connectivity index (χ4v) is 1.64. The van der Waals surface area contributed by atoms with Gasteiger partial charge in [0.25, 0.3) is 0 Å². The van der Waals surface area contributed by atoms with Crippen molar-refractivity contribution < 1.29 is 75.3 Å². The Balaban J connectivity index is 3.33. The minimum Gasteiger partial charge on any atom is -0.398 e. The van der Waals surface area contributed by atoms with Gasteiger partial charge in [0, 0.05) is 12.4 Å². The molecule has 33 heavy (non-hydrogen) atoms. The number of hydrogen-bond acceptors (Lipinski definition) is 5. The molecule has 0 aromatic carbocycles. The van der Waals surface area contributed by atoms with Crippen molar-refractivity contribution in [2.75, 3.05) is 11.9 Å². The van der Waals surface area contributed by atoms with Gasteiger partial charge in [-0.05, 0) is 6.07 Å². The fourth-order valence-electron chi connectivity index (χ4n) is 1.64. The number of aromatic nitrogens is 2. The molecule has 0 aliphatic carbocycles. The lowest BCUT2D eigenvalue weighted by atomic mass is 10.1. The van der Waals surface area contributed by atoms with Crippen molar-refractivity contribution in [3.63, 3.8) is 0 Å². The van der Waals surface area contributed by atoms with Gasteiger partial charge in [-0.25, -0.2) is 9.97 Å². The van der Waals surface area contributed by atoms with Crippen LogP contribution in [0.15, 0.2) is 30.6 Å². The predicted molar refractivity (Wildman–Crippen MR) is 72.7 cm³/mol. The standard InChI is InChI=1S/C13H6F15N3O2/c14-5(15)6(16)32-13(27,28)10(21,11(22,23)24)33-12(25,26)9(19,20)8(17,18)4-31-7-29-2-1-3-30-7/h1-3H,4H2,(H,29,30,31). The molecule has 1 heterocycles. The maximum absolute atomic E-state index is 13.8. The van der Waals surface area contributed by atoms with Crippen LogP contribution in [0.4, 0.5) is 71.8 Å². The third kappa shape index (κ3) is 5.64. The van der Waals surface area contributed by atoms with Gasteiger partial charge in [-0.15, -0.1) is 0 Å². The first-order valence-corrected chi connectivity index (χ1v) is 7.49. The maximum atomic E-state index is 13.8. The highest BCUT2D eigenvalue weighted by atomic mass is 19.4. The molecule has 190 valence electrons. The number of halogens is 15. The van der Waals surface area contributed by atoms with Crippen molar-refractivity contribution in [2.24, 2.45) is 0 Å². The van der Waals surface area contributed by atoms with E-state index in [1.54, 1.807) is 4.74 Å². The number of hydrogen-bond donors (Lipinski definition) is 1. The Morgan fingerprint density at radius 1 is 0.788 bits per heavy atom. The lowest BCUT2D eigenvalue weighted by Gasteiger charge is -2.38. The molecule has 0 amide bonds. The fraction of sp³-hybridized carbons (Fsp3) is 0.538. The Morgan fingerprint density at radius 3 is 1.70 bits per heavy atom. The summed E-state index contributed by atoms with van der Waals surface area (Å²) >= 11 is 0. The summed E-state index contributed by atoms with van der Waals surface area (Å²) < 4.78 is 200. The highest BCUT2D eigenvalue weighted by Gasteiger charge is 2.83. The second-order valence-electron chi connectivity index (χ2n) is 5.57. The van der Waals surface area contributed by atoms with Crippen molar-refractivity contribution in [3.05, 3.63) is 30.6 Å². The molecule has 1 atom stereocenters. The van der Waals surface area contributed by atoms with E-state index in [-0.39, 0.29) is 0 Å². The van der Waals surface area contributed by atoms with Crippen molar-refractivity contribution >= 4 is 5.95 Å². The monoisotopic (exact) mass is 521 g/mol. The Morgan fingerprint density at radius 2 is 1.27 bits per heavy atom. The Bertz CT molecular complexity index is 841. The minimum absolute atomic E-state index is 0.833. The van der Waals surface area contributed by atoms with Gasteiger partial charge in [0.05, 0.1) is 6.54 Å². The molecule has 0 aliphatic rings. The average Bonchev–Trinajstić information content (AvgIpc) is 2.65. The first-order chi connectivity index (χ1) is 14.6. The van der Waals surface area contributed by atoms with Crippen molar-refractivity contribution in [1.82, 2.24) is 9.97 Å². The predicted octanol–water partition coefficient (Wildman–Crippen LogP) is 5.64. The van der Waals surface area contributed by atoms with E-state index in [0.717, 1.165) is 18.5 Å². The Labute approximate surface area is 171 Å². The van der Waals surface area contributed by atoms with Crippen LogP contribution >= 0.6 is 0 Å². The van der Waals surface area contributed by atoms with Crippen LogP contribution in [0.25, 0.3) is 0 Å². The van der Waals surface area contributed by atoms with E-state index in [9.17, 15) is 65.9 Å². The lowest BCUT2D eigenvalue weighted by molar-refractivity contribution is -0.525. The van der Waals surface area contributed by atoms with Gasteiger partial charge in [-0.2, -0.15) is 65.9 Å². The summed E-state index contributed by atoms with van der Waals surface area (Å²) in [6.07, 6.45) is -24.6. The van der Waals surface area contributed by atoms with Gasteiger partial charge in [0.15, 0.2) is 0 Å². The van der Waals surface area contributed by atoms with Gasteiger partial charge in [-0.3, -0.25) is 4.74 Å². The number of ether oxygens (including phenoxy) is 2. The number of alkyl halides is 12. The van der Waals surface area contributed by atoms with E-state index >= 15 is 0 Å². The summed E-state index contributed by atoms with van der Waals surface area (Å²) in [4.78, 5) is 6.29. The molecule has 0 radical (unpaired) electrons. The zero-order valence-electron chi connectivity index (χ0n) is 14.8. The molecule has 0 saturated carbocycles. The molecule has 5 nitrogen and oxygen atoms in total. The van der Waals surface area contributed by atoms with Gasteiger partial charge < -0.3 is 10.1 Å².